The molecule has 2 heteroatoms. The molecule has 1 aliphatic carbocycles. The summed E-state index contributed by atoms with van der Waals surface area (Å²) in [6.07, 6.45) is 6.70. The van der Waals surface area contributed by atoms with Gasteiger partial charge in [-0.3, -0.25) is 0 Å². The summed E-state index contributed by atoms with van der Waals surface area (Å²) in [6, 6.07) is 0. The lowest BCUT2D eigenvalue weighted by Gasteiger charge is -2.25. The molecule has 0 bridgehead atoms. The fraction of sp³-hybridized carbons (Fsp3) is 1.00. The Labute approximate surface area is 74.9 Å². The molecule has 2 nitrogen and oxygen atoms in total. The summed E-state index contributed by atoms with van der Waals surface area (Å²) in [5.74, 6) is 0. The van der Waals surface area contributed by atoms with Crippen LogP contribution in [0.1, 0.15) is 45.4 Å². The summed E-state index contributed by atoms with van der Waals surface area (Å²) in [4.78, 5) is 0. The number of rotatable bonds is 3. The van der Waals surface area contributed by atoms with Crippen LogP contribution in [0.4, 0.5) is 0 Å². The lowest BCUT2D eigenvalue weighted by Crippen LogP contribution is -2.33. The van der Waals surface area contributed by atoms with Gasteiger partial charge in [0, 0.05) is 6.61 Å². The Morgan fingerprint density at radius 1 is 1.17 bits per heavy atom. The number of hydrogen-bond donors (Lipinski definition) is 1. The van der Waals surface area contributed by atoms with Crippen LogP contribution in [0.5, 0.6) is 0 Å². The number of aliphatic hydroxyl groups is 1. The van der Waals surface area contributed by atoms with Gasteiger partial charge in [-0.05, 0) is 19.8 Å². The number of hydrogen-bond acceptors (Lipinski definition) is 2. The van der Waals surface area contributed by atoms with E-state index >= 15 is 0 Å². The van der Waals surface area contributed by atoms with Crippen molar-refractivity contribution in [1.29, 1.82) is 0 Å². The standard InChI is InChI=1S/C10H20O2/c1-2-12-9-10(11)7-5-3-4-6-8-10/h11H,2-9H2,1H3. The van der Waals surface area contributed by atoms with Gasteiger partial charge in [0.25, 0.3) is 0 Å². The Kier molecular flexibility index (Phi) is 4.02. The monoisotopic (exact) mass is 172 g/mol. The molecule has 0 radical (unpaired) electrons. The molecule has 1 rings (SSSR count). The van der Waals surface area contributed by atoms with Crippen LogP contribution in [0.15, 0.2) is 0 Å². The van der Waals surface area contributed by atoms with Crippen molar-refractivity contribution in [3.05, 3.63) is 0 Å². The Morgan fingerprint density at radius 3 is 2.25 bits per heavy atom. The highest BCUT2D eigenvalue weighted by molar-refractivity contribution is 4.80. The molecule has 0 spiro atoms. The summed E-state index contributed by atoms with van der Waals surface area (Å²) in [5.41, 5.74) is -0.507. The maximum atomic E-state index is 10.1. The van der Waals surface area contributed by atoms with Gasteiger partial charge >= 0.3 is 0 Å². The Hall–Kier alpha value is -0.0800. The minimum Gasteiger partial charge on any atom is -0.387 e. The van der Waals surface area contributed by atoms with Crippen LogP contribution in [0.25, 0.3) is 0 Å². The highest BCUT2D eigenvalue weighted by Gasteiger charge is 2.27. The molecule has 0 aromatic heterocycles. The third-order valence-corrected chi connectivity index (χ3v) is 2.61. The molecule has 0 aromatic rings. The zero-order valence-electron chi connectivity index (χ0n) is 8.01. The Morgan fingerprint density at radius 2 is 1.75 bits per heavy atom. The summed E-state index contributed by atoms with van der Waals surface area (Å²) < 4.78 is 5.28. The molecule has 1 aliphatic rings. The van der Waals surface area contributed by atoms with Crippen LogP contribution in [0.3, 0.4) is 0 Å². The van der Waals surface area contributed by atoms with E-state index in [2.05, 4.69) is 0 Å². The van der Waals surface area contributed by atoms with E-state index in [-0.39, 0.29) is 0 Å². The summed E-state index contributed by atoms with van der Waals surface area (Å²) in [5, 5.41) is 10.1. The van der Waals surface area contributed by atoms with Crippen LogP contribution < -0.4 is 0 Å². The smallest absolute Gasteiger partial charge is 0.0880 e. The molecule has 0 saturated heterocycles. The van der Waals surface area contributed by atoms with E-state index in [0.29, 0.717) is 13.2 Å². The molecule has 0 heterocycles. The predicted octanol–water partition coefficient (Wildman–Crippen LogP) is 2.11. The van der Waals surface area contributed by atoms with Gasteiger partial charge in [-0.1, -0.05) is 25.7 Å². The van der Waals surface area contributed by atoms with Crippen molar-refractivity contribution in [1.82, 2.24) is 0 Å². The molecule has 1 fully saturated rings. The van der Waals surface area contributed by atoms with E-state index in [0.717, 1.165) is 25.7 Å². The normalized spacial score (nSPS) is 23.5. The van der Waals surface area contributed by atoms with Gasteiger partial charge in [0.1, 0.15) is 0 Å². The van der Waals surface area contributed by atoms with Crippen molar-refractivity contribution >= 4 is 0 Å². The van der Waals surface area contributed by atoms with E-state index < -0.39 is 5.60 Å². The van der Waals surface area contributed by atoms with Gasteiger partial charge in [-0.2, -0.15) is 0 Å². The third kappa shape index (κ3) is 3.11. The van der Waals surface area contributed by atoms with E-state index in [1.165, 1.54) is 12.8 Å². The fourth-order valence-corrected chi connectivity index (χ4v) is 1.82. The Bertz CT molecular complexity index is 115. The molecule has 0 amide bonds. The van der Waals surface area contributed by atoms with Gasteiger partial charge < -0.3 is 9.84 Å². The molecule has 72 valence electrons. The average molecular weight is 172 g/mol. The van der Waals surface area contributed by atoms with Gasteiger partial charge in [0.2, 0.25) is 0 Å². The summed E-state index contributed by atoms with van der Waals surface area (Å²) in [6.45, 7) is 3.21. The summed E-state index contributed by atoms with van der Waals surface area (Å²) >= 11 is 0. The molecule has 0 unspecified atom stereocenters. The minimum atomic E-state index is -0.507. The fourth-order valence-electron chi connectivity index (χ4n) is 1.82. The van der Waals surface area contributed by atoms with Gasteiger partial charge in [-0.25, -0.2) is 0 Å². The largest absolute Gasteiger partial charge is 0.387 e. The number of ether oxygens (including phenoxy) is 1. The van der Waals surface area contributed by atoms with Crippen LogP contribution in [0.2, 0.25) is 0 Å². The van der Waals surface area contributed by atoms with E-state index in [4.69, 9.17) is 4.74 Å². The van der Waals surface area contributed by atoms with Crippen LogP contribution in [-0.2, 0) is 4.74 Å². The van der Waals surface area contributed by atoms with Crippen LogP contribution in [-0.4, -0.2) is 23.9 Å². The second-order valence-electron chi connectivity index (χ2n) is 3.78. The van der Waals surface area contributed by atoms with Gasteiger partial charge in [0.15, 0.2) is 0 Å². The first-order valence-electron chi connectivity index (χ1n) is 5.07. The second kappa shape index (κ2) is 4.83. The van der Waals surface area contributed by atoms with Crippen LogP contribution in [0, 0.1) is 0 Å². The van der Waals surface area contributed by atoms with Crippen molar-refractivity contribution < 1.29 is 9.84 Å². The zero-order chi connectivity index (χ0) is 8.86. The lowest BCUT2D eigenvalue weighted by atomic mass is 9.96. The topological polar surface area (TPSA) is 29.5 Å². The van der Waals surface area contributed by atoms with Crippen molar-refractivity contribution in [2.24, 2.45) is 0 Å². The first-order chi connectivity index (χ1) is 5.77. The van der Waals surface area contributed by atoms with Gasteiger partial charge in [-0.15, -0.1) is 0 Å². The quantitative estimate of drug-likeness (QED) is 0.661. The molecular formula is C10H20O2. The van der Waals surface area contributed by atoms with E-state index in [1.54, 1.807) is 0 Å². The van der Waals surface area contributed by atoms with Crippen molar-refractivity contribution in [2.75, 3.05) is 13.2 Å². The lowest BCUT2D eigenvalue weighted by molar-refractivity contribution is -0.0528. The molecular weight excluding hydrogens is 152 g/mol. The minimum absolute atomic E-state index is 0.507. The maximum absolute atomic E-state index is 10.1. The van der Waals surface area contributed by atoms with E-state index in [1.807, 2.05) is 6.92 Å². The van der Waals surface area contributed by atoms with Crippen LogP contribution >= 0.6 is 0 Å². The average Bonchev–Trinajstić information content (AvgIpc) is 2.27. The van der Waals surface area contributed by atoms with Crippen molar-refractivity contribution in [3.8, 4) is 0 Å². The summed E-state index contributed by atoms with van der Waals surface area (Å²) in [7, 11) is 0. The molecule has 0 aliphatic heterocycles. The van der Waals surface area contributed by atoms with E-state index in [9.17, 15) is 5.11 Å². The molecule has 12 heavy (non-hydrogen) atoms. The molecule has 1 N–H and O–H groups in total. The third-order valence-electron chi connectivity index (χ3n) is 2.61. The SMILES string of the molecule is CCOCC1(O)CCCCCC1. The second-order valence-corrected chi connectivity index (χ2v) is 3.78. The highest BCUT2D eigenvalue weighted by Crippen LogP contribution is 2.26. The predicted molar refractivity (Wildman–Crippen MR) is 49.1 cm³/mol. The zero-order valence-corrected chi connectivity index (χ0v) is 8.01. The first-order valence-corrected chi connectivity index (χ1v) is 5.07. The van der Waals surface area contributed by atoms with Crippen molar-refractivity contribution in [2.45, 2.75) is 51.0 Å². The van der Waals surface area contributed by atoms with Gasteiger partial charge in [0.05, 0.1) is 12.2 Å². The maximum Gasteiger partial charge on any atom is 0.0880 e. The molecule has 0 aromatic carbocycles. The van der Waals surface area contributed by atoms with Crippen molar-refractivity contribution in [3.63, 3.8) is 0 Å². The molecule has 0 atom stereocenters. The first kappa shape index (κ1) is 10.0. The Balaban J connectivity index is 2.32. The molecule has 1 saturated carbocycles. The highest BCUT2D eigenvalue weighted by atomic mass is 16.5.